The fourth-order valence-corrected chi connectivity index (χ4v) is 2.84. The predicted molar refractivity (Wildman–Crippen MR) is 74.0 cm³/mol. The lowest BCUT2D eigenvalue weighted by molar-refractivity contribution is 0.0698. The molecule has 0 saturated carbocycles. The summed E-state index contributed by atoms with van der Waals surface area (Å²) >= 11 is 2.61. The molecule has 1 atom stereocenters. The normalized spacial score (nSPS) is 11.8. The average molecular weight is 297 g/mol. The molecule has 100 valence electrons. The Hall–Kier alpha value is -1.93. The first-order valence-corrected chi connectivity index (χ1v) is 7.11. The number of carbonyl (C=O) groups excluding carboxylic acids is 1. The van der Waals surface area contributed by atoms with Crippen LogP contribution in [0.2, 0.25) is 0 Å². The monoisotopic (exact) mass is 297 g/mol. The van der Waals surface area contributed by atoms with Crippen molar-refractivity contribution >= 4 is 39.7 Å². The van der Waals surface area contributed by atoms with Crippen LogP contribution in [0.5, 0.6) is 0 Å². The van der Waals surface area contributed by atoms with Crippen molar-refractivity contribution in [3.63, 3.8) is 0 Å². The highest BCUT2D eigenvalue weighted by Gasteiger charge is 2.16. The number of carbonyl (C=O) groups is 2. The van der Waals surface area contributed by atoms with Gasteiger partial charge in [-0.05, 0) is 18.4 Å². The number of thiophene rings is 1. The van der Waals surface area contributed by atoms with Crippen LogP contribution in [-0.2, 0) is 0 Å². The second-order valence-electron chi connectivity index (χ2n) is 3.66. The highest BCUT2D eigenvalue weighted by molar-refractivity contribution is 7.14. The van der Waals surface area contributed by atoms with Crippen LogP contribution >= 0.6 is 22.7 Å². The molecule has 0 aliphatic carbocycles. The molecule has 2 aromatic rings. The van der Waals surface area contributed by atoms with Gasteiger partial charge < -0.3 is 10.4 Å². The molecule has 2 amide bonds. The summed E-state index contributed by atoms with van der Waals surface area (Å²) in [6, 6.07) is 0.772. The number of nitrogens with one attached hydrogen (secondary N) is 2. The maximum Gasteiger partial charge on any atom is 0.338 e. The molecular weight excluding hydrogens is 286 g/mol. The van der Waals surface area contributed by atoms with Crippen molar-refractivity contribution < 1.29 is 14.7 Å². The van der Waals surface area contributed by atoms with Gasteiger partial charge >= 0.3 is 12.0 Å². The SMILES string of the molecule is CC(NC(=O)Nc1sccc1C(=O)O)c1nccs1. The molecular formula is C11H11N3O3S2. The molecule has 0 bridgehead atoms. The highest BCUT2D eigenvalue weighted by atomic mass is 32.1. The van der Waals surface area contributed by atoms with Gasteiger partial charge in [0.05, 0.1) is 11.6 Å². The lowest BCUT2D eigenvalue weighted by atomic mass is 10.3. The van der Waals surface area contributed by atoms with Crippen molar-refractivity contribution in [2.24, 2.45) is 0 Å². The Bertz CT molecular complexity index is 580. The van der Waals surface area contributed by atoms with E-state index in [1.165, 1.54) is 17.4 Å². The fraction of sp³-hybridized carbons (Fsp3) is 0.182. The number of hydrogen-bond acceptors (Lipinski definition) is 5. The molecule has 8 heteroatoms. The van der Waals surface area contributed by atoms with E-state index in [2.05, 4.69) is 15.6 Å². The Balaban J connectivity index is 1.98. The van der Waals surface area contributed by atoms with Gasteiger partial charge in [0.2, 0.25) is 0 Å². The number of amides is 2. The summed E-state index contributed by atoms with van der Waals surface area (Å²) in [4.78, 5) is 26.8. The van der Waals surface area contributed by atoms with Gasteiger partial charge in [-0.1, -0.05) is 0 Å². The van der Waals surface area contributed by atoms with Crippen LogP contribution in [0.4, 0.5) is 9.80 Å². The highest BCUT2D eigenvalue weighted by Crippen LogP contribution is 2.23. The smallest absolute Gasteiger partial charge is 0.338 e. The molecule has 0 aliphatic rings. The van der Waals surface area contributed by atoms with Crippen molar-refractivity contribution in [3.8, 4) is 0 Å². The van der Waals surface area contributed by atoms with Gasteiger partial charge in [-0.15, -0.1) is 22.7 Å². The summed E-state index contributed by atoms with van der Waals surface area (Å²) in [7, 11) is 0. The molecule has 0 saturated heterocycles. The Kier molecular flexibility index (Phi) is 4.13. The molecule has 2 heterocycles. The summed E-state index contributed by atoms with van der Waals surface area (Å²) in [5, 5.41) is 18.7. The molecule has 0 aromatic carbocycles. The Morgan fingerprint density at radius 3 is 2.79 bits per heavy atom. The van der Waals surface area contributed by atoms with Crippen LogP contribution in [0.1, 0.15) is 28.3 Å². The largest absolute Gasteiger partial charge is 0.478 e. The second kappa shape index (κ2) is 5.81. The van der Waals surface area contributed by atoms with E-state index in [0.717, 1.165) is 16.3 Å². The predicted octanol–water partition coefficient (Wildman–Crippen LogP) is 2.79. The number of anilines is 1. The number of rotatable bonds is 4. The number of urea groups is 1. The summed E-state index contributed by atoms with van der Waals surface area (Å²) < 4.78 is 0. The number of carboxylic acids is 1. The first-order valence-electron chi connectivity index (χ1n) is 5.35. The molecule has 0 fully saturated rings. The summed E-state index contributed by atoms with van der Waals surface area (Å²) in [5.41, 5.74) is 0.0852. The molecule has 6 nitrogen and oxygen atoms in total. The molecule has 3 N–H and O–H groups in total. The number of thiazole rings is 1. The van der Waals surface area contributed by atoms with Gasteiger partial charge in [-0.3, -0.25) is 5.32 Å². The third-order valence-corrected chi connectivity index (χ3v) is 4.08. The number of carboxylic acid groups (broad SMARTS) is 1. The van der Waals surface area contributed by atoms with E-state index in [1.807, 2.05) is 12.3 Å². The first-order chi connectivity index (χ1) is 9.08. The summed E-state index contributed by atoms with van der Waals surface area (Å²) in [5.74, 6) is -1.07. The molecule has 0 aliphatic heterocycles. The van der Waals surface area contributed by atoms with Crippen molar-refractivity contribution in [1.29, 1.82) is 0 Å². The maximum absolute atomic E-state index is 11.8. The van der Waals surface area contributed by atoms with Gasteiger partial charge in [0, 0.05) is 11.6 Å². The van der Waals surface area contributed by atoms with Gasteiger partial charge in [0.1, 0.15) is 10.0 Å². The lowest BCUT2D eigenvalue weighted by Gasteiger charge is -2.11. The van der Waals surface area contributed by atoms with Crippen LogP contribution in [-0.4, -0.2) is 22.1 Å². The number of hydrogen-bond donors (Lipinski definition) is 3. The van der Waals surface area contributed by atoms with E-state index in [-0.39, 0.29) is 11.6 Å². The van der Waals surface area contributed by atoms with Crippen molar-refractivity contribution in [2.75, 3.05) is 5.32 Å². The Morgan fingerprint density at radius 2 is 2.16 bits per heavy atom. The number of aromatic carboxylic acids is 1. The van der Waals surface area contributed by atoms with Crippen LogP contribution in [0.25, 0.3) is 0 Å². The van der Waals surface area contributed by atoms with Gasteiger partial charge in [0.25, 0.3) is 0 Å². The van der Waals surface area contributed by atoms with Crippen molar-refractivity contribution in [3.05, 3.63) is 33.6 Å². The zero-order valence-electron chi connectivity index (χ0n) is 9.91. The van der Waals surface area contributed by atoms with E-state index in [0.29, 0.717) is 5.00 Å². The molecule has 19 heavy (non-hydrogen) atoms. The third-order valence-electron chi connectivity index (χ3n) is 2.29. The zero-order chi connectivity index (χ0) is 13.8. The fourth-order valence-electron chi connectivity index (χ4n) is 1.42. The Morgan fingerprint density at radius 1 is 1.37 bits per heavy atom. The van der Waals surface area contributed by atoms with Gasteiger partial charge in [-0.25, -0.2) is 14.6 Å². The molecule has 0 spiro atoms. The minimum Gasteiger partial charge on any atom is -0.478 e. The average Bonchev–Trinajstić information content (AvgIpc) is 2.98. The summed E-state index contributed by atoms with van der Waals surface area (Å²) in [6.45, 7) is 1.81. The summed E-state index contributed by atoms with van der Waals surface area (Å²) in [6.07, 6.45) is 1.66. The molecule has 2 rings (SSSR count). The van der Waals surface area contributed by atoms with E-state index in [9.17, 15) is 9.59 Å². The molecule has 0 radical (unpaired) electrons. The van der Waals surface area contributed by atoms with Crippen molar-refractivity contribution in [2.45, 2.75) is 13.0 Å². The third kappa shape index (κ3) is 3.30. The van der Waals surface area contributed by atoms with E-state index in [4.69, 9.17) is 5.11 Å². The van der Waals surface area contributed by atoms with Crippen LogP contribution in [0, 0.1) is 0 Å². The van der Waals surface area contributed by atoms with Gasteiger partial charge in [-0.2, -0.15) is 0 Å². The topological polar surface area (TPSA) is 91.3 Å². The lowest BCUT2D eigenvalue weighted by Crippen LogP contribution is -2.31. The molecule has 2 aromatic heterocycles. The molecule has 1 unspecified atom stereocenters. The van der Waals surface area contributed by atoms with E-state index < -0.39 is 12.0 Å². The van der Waals surface area contributed by atoms with Crippen molar-refractivity contribution in [1.82, 2.24) is 10.3 Å². The quantitative estimate of drug-likeness (QED) is 0.809. The Labute approximate surface area is 117 Å². The zero-order valence-corrected chi connectivity index (χ0v) is 11.5. The van der Waals surface area contributed by atoms with Crippen LogP contribution in [0.3, 0.4) is 0 Å². The van der Waals surface area contributed by atoms with Gasteiger partial charge in [0.15, 0.2) is 0 Å². The second-order valence-corrected chi connectivity index (χ2v) is 5.50. The minimum atomic E-state index is -1.07. The van der Waals surface area contributed by atoms with E-state index >= 15 is 0 Å². The van der Waals surface area contributed by atoms with E-state index in [1.54, 1.807) is 11.6 Å². The first kappa shape index (κ1) is 13.5. The number of nitrogens with zero attached hydrogens (tertiary/aromatic N) is 1. The van der Waals surface area contributed by atoms with Crippen LogP contribution in [0.15, 0.2) is 23.0 Å². The number of aromatic nitrogens is 1. The van der Waals surface area contributed by atoms with Crippen LogP contribution < -0.4 is 10.6 Å². The minimum absolute atomic E-state index is 0.0852. The standard InChI is InChI=1S/C11H11N3O3S2/c1-6(8-12-3-5-19-8)13-11(17)14-9-7(10(15)16)2-4-18-9/h2-6H,1H3,(H,15,16)(H2,13,14,17). The maximum atomic E-state index is 11.8.